The van der Waals surface area contributed by atoms with Gasteiger partial charge in [-0.3, -0.25) is 4.21 Å². The molecule has 1 atom stereocenters. The third-order valence-electron chi connectivity index (χ3n) is 2.16. The van der Waals surface area contributed by atoms with Crippen LogP contribution in [0.2, 0.25) is 5.02 Å². The molecule has 2 nitrogen and oxygen atoms in total. The Kier molecular flexibility index (Phi) is 6.03. The van der Waals surface area contributed by atoms with Crippen molar-refractivity contribution in [2.24, 2.45) is 0 Å². The average molecular weight is 260 g/mol. The smallest absolute Gasteiger partial charge is 0.0500 e. The molecule has 0 fully saturated rings. The lowest BCUT2D eigenvalue weighted by molar-refractivity contribution is 0.610. The molecule has 1 aromatic rings. The van der Waals surface area contributed by atoms with Gasteiger partial charge in [-0.05, 0) is 11.6 Å². The lowest BCUT2D eigenvalue weighted by Crippen LogP contribution is -2.27. The highest BCUT2D eigenvalue weighted by Crippen LogP contribution is 2.16. The summed E-state index contributed by atoms with van der Waals surface area (Å²) in [6.07, 6.45) is 0. The number of rotatable bonds is 6. The Bertz CT molecular complexity index is 355. The normalized spacial score (nSPS) is 13.0. The molecule has 90 valence electrons. The predicted octanol–water partition coefficient (Wildman–Crippen LogP) is 2.59. The van der Waals surface area contributed by atoms with Crippen LogP contribution in [0.4, 0.5) is 0 Å². The van der Waals surface area contributed by atoms with E-state index in [0.29, 0.717) is 22.6 Å². The zero-order chi connectivity index (χ0) is 12.0. The van der Waals surface area contributed by atoms with Crippen molar-refractivity contribution in [2.45, 2.75) is 25.6 Å². The zero-order valence-electron chi connectivity index (χ0n) is 9.70. The predicted molar refractivity (Wildman–Crippen MR) is 71.3 cm³/mol. The van der Waals surface area contributed by atoms with E-state index < -0.39 is 10.8 Å². The van der Waals surface area contributed by atoms with Crippen LogP contribution in [-0.4, -0.2) is 22.5 Å². The van der Waals surface area contributed by atoms with E-state index in [4.69, 9.17) is 11.6 Å². The molecule has 1 unspecified atom stereocenters. The second-order valence-corrected chi connectivity index (χ2v) is 5.97. The van der Waals surface area contributed by atoms with Gasteiger partial charge in [-0.15, -0.1) is 0 Å². The van der Waals surface area contributed by atoms with Crippen LogP contribution in [0.15, 0.2) is 24.3 Å². The van der Waals surface area contributed by atoms with Crippen LogP contribution in [0, 0.1) is 0 Å². The summed E-state index contributed by atoms with van der Waals surface area (Å²) in [6.45, 7) is 4.95. The van der Waals surface area contributed by atoms with Gasteiger partial charge in [0.25, 0.3) is 0 Å². The van der Waals surface area contributed by atoms with E-state index in [1.165, 1.54) is 0 Å². The van der Waals surface area contributed by atoms with E-state index in [0.717, 1.165) is 12.1 Å². The third-order valence-corrected chi connectivity index (χ3v) is 3.82. The van der Waals surface area contributed by atoms with Crippen LogP contribution in [0.3, 0.4) is 0 Å². The van der Waals surface area contributed by atoms with Crippen LogP contribution >= 0.6 is 11.6 Å². The highest BCUT2D eigenvalue weighted by Gasteiger charge is 2.05. The Morgan fingerprint density at radius 2 is 2.06 bits per heavy atom. The maximum absolute atomic E-state index is 11.8. The van der Waals surface area contributed by atoms with E-state index in [1.54, 1.807) is 0 Å². The van der Waals surface area contributed by atoms with E-state index in [9.17, 15) is 4.21 Å². The third kappa shape index (κ3) is 5.10. The van der Waals surface area contributed by atoms with E-state index in [1.807, 2.05) is 24.3 Å². The van der Waals surface area contributed by atoms with Crippen molar-refractivity contribution < 1.29 is 4.21 Å². The standard InChI is InChI=1S/C12H18ClNOS/c1-10(2)14-7-8-16(15)9-11-5-3-4-6-12(11)13/h3-6,10,14H,7-9H2,1-2H3. The molecule has 0 saturated carbocycles. The van der Waals surface area contributed by atoms with Gasteiger partial charge in [-0.1, -0.05) is 43.6 Å². The van der Waals surface area contributed by atoms with Gasteiger partial charge in [-0.25, -0.2) is 0 Å². The van der Waals surface area contributed by atoms with Gasteiger partial charge < -0.3 is 5.32 Å². The Morgan fingerprint density at radius 1 is 1.38 bits per heavy atom. The fraction of sp³-hybridized carbons (Fsp3) is 0.500. The van der Waals surface area contributed by atoms with Crippen LogP contribution in [-0.2, 0) is 16.6 Å². The molecule has 0 aliphatic carbocycles. The van der Waals surface area contributed by atoms with Crippen molar-refractivity contribution in [3.63, 3.8) is 0 Å². The summed E-state index contributed by atoms with van der Waals surface area (Å²) in [4.78, 5) is 0. The summed E-state index contributed by atoms with van der Waals surface area (Å²) in [5, 5.41) is 3.95. The summed E-state index contributed by atoms with van der Waals surface area (Å²) < 4.78 is 11.8. The Balaban J connectivity index is 2.37. The summed E-state index contributed by atoms with van der Waals surface area (Å²) in [5.74, 6) is 1.21. The number of hydrogen-bond donors (Lipinski definition) is 1. The van der Waals surface area contributed by atoms with Gasteiger partial charge in [0, 0.05) is 34.2 Å². The van der Waals surface area contributed by atoms with Gasteiger partial charge in [0.2, 0.25) is 0 Å². The lowest BCUT2D eigenvalue weighted by Gasteiger charge is -2.08. The topological polar surface area (TPSA) is 29.1 Å². The van der Waals surface area contributed by atoms with Crippen LogP contribution in [0.1, 0.15) is 19.4 Å². The number of nitrogens with one attached hydrogen (secondary N) is 1. The highest BCUT2D eigenvalue weighted by molar-refractivity contribution is 7.84. The summed E-state index contributed by atoms with van der Waals surface area (Å²) >= 11 is 6.00. The monoisotopic (exact) mass is 259 g/mol. The first-order valence-electron chi connectivity index (χ1n) is 5.41. The molecule has 0 radical (unpaired) electrons. The van der Waals surface area contributed by atoms with Crippen molar-refractivity contribution in [1.82, 2.24) is 5.32 Å². The van der Waals surface area contributed by atoms with E-state index in [2.05, 4.69) is 19.2 Å². The van der Waals surface area contributed by atoms with Crippen molar-refractivity contribution in [3.8, 4) is 0 Å². The van der Waals surface area contributed by atoms with Gasteiger partial charge in [0.1, 0.15) is 0 Å². The fourth-order valence-corrected chi connectivity index (χ4v) is 2.69. The molecule has 0 aliphatic rings. The first-order chi connectivity index (χ1) is 7.59. The first-order valence-corrected chi connectivity index (χ1v) is 7.28. The van der Waals surface area contributed by atoms with Gasteiger partial charge in [0.05, 0.1) is 5.75 Å². The number of benzene rings is 1. The summed E-state index contributed by atoms with van der Waals surface area (Å²) in [5.41, 5.74) is 0.965. The maximum atomic E-state index is 11.8. The molecule has 0 amide bonds. The van der Waals surface area contributed by atoms with Crippen molar-refractivity contribution >= 4 is 22.4 Å². The van der Waals surface area contributed by atoms with Crippen LogP contribution < -0.4 is 5.32 Å². The lowest BCUT2D eigenvalue weighted by atomic mass is 10.2. The Hall–Kier alpha value is -0.380. The van der Waals surface area contributed by atoms with E-state index >= 15 is 0 Å². The molecule has 0 spiro atoms. The second kappa shape index (κ2) is 7.05. The minimum Gasteiger partial charge on any atom is -0.314 e. The number of hydrogen-bond acceptors (Lipinski definition) is 2. The van der Waals surface area contributed by atoms with Crippen LogP contribution in [0.5, 0.6) is 0 Å². The Labute approximate surface area is 105 Å². The van der Waals surface area contributed by atoms with Gasteiger partial charge >= 0.3 is 0 Å². The molecule has 0 bridgehead atoms. The SMILES string of the molecule is CC(C)NCCS(=O)Cc1ccccc1Cl. The van der Waals surface area contributed by atoms with Gasteiger partial charge in [0.15, 0.2) is 0 Å². The fourth-order valence-electron chi connectivity index (χ4n) is 1.32. The molecular formula is C12H18ClNOS. The summed E-state index contributed by atoms with van der Waals surface area (Å²) in [6, 6.07) is 8.01. The molecule has 0 aromatic heterocycles. The second-order valence-electron chi connectivity index (χ2n) is 3.99. The van der Waals surface area contributed by atoms with Gasteiger partial charge in [-0.2, -0.15) is 0 Å². The van der Waals surface area contributed by atoms with Crippen molar-refractivity contribution in [2.75, 3.05) is 12.3 Å². The zero-order valence-corrected chi connectivity index (χ0v) is 11.3. The highest BCUT2D eigenvalue weighted by atomic mass is 35.5. The molecule has 0 heterocycles. The molecule has 0 aliphatic heterocycles. The summed E-state index contributed by atoms with van der Waals surface area (Å²) in [7, 11) is -0.845. The molecule has 1 N–H and O–H groups in total. The number of halogens is 1. The average Bonchev–Trinajstić information content (AvgIpc) is 2.21. The molecular weight excluding hydrogens is 242 g/mol. The van der Waals surface area contributed by atoms with Crippen molar-refractivity contribution in [3.05, 3.63) is 34.9 Å². The molecule has 0 saturated heterocycles. The maximum Gasteiger partial charge on any atom is 0.0500 e. The molecule has 1 rings (SSSR count). The minimum atomic E-state index is -0.845. The van der Waals surface area contributed by atoms with E-state index in [-0.39, 0.29) is 0 Å². The molecule has 1 aromatic carbocycles. The van der Waals surface area contributed by atoms with Crippen molar-refractivity contribution in [1.29, 1.82) is 0 Å². The molecule has 16 heavy (non-hydrogen) atoms. The van der Waals surface area contributed by atoms with Crippen LogP contribution in [0.25, 0.3) is 0 Å². The Morgan fingerprint density at radius 3 is 2.69 bits per heavy atom. The quantitative estimate of drug-likeness (QED) is 0.851. The largest absolute Gasteiger partial charge is 0.314 e. The first kappa shape index (κ1) is 13.7. The minimum absolute atomic E-state index is 0.442. The molecule has 4 heteroatoms.